The van der Waals surface area contributed by atoms with Crippen molar-refractivity contribution in [3.8, 4) is 11.3 Å². The Hall–Kier alpha value is -1.57. The Kier molecular flexibility index (Phi) is 2.96. The van der Waals surface area contributed by atoms with Crippen LogP contribution in [0.25, 0.3) is 11.3 Å². The van der Waals surface area contributed by atoms with Gasteiger partial charge in [-0.25, -0.2) is 0 Å². The molecule has 0 aliphatic heterocycles. The number of hydrogen-bond donors (Lipinski definition) is 0. The molecule has 0 saturated heterocycles. The molecular weight excluding hydrogens is 232 g/mol. The summed E-state index contributed by atoms with van der Waals surface area (Å²) in [4.78, 5) is 0. The van der Waals surface area contributed by atoms with Crippen LogP contribution in [0.4, 0.5) is 0 Å². The number of fused-ring (bicyclic) bond motifs is 1. The molecule has 0 amide bonds. The van der Waals surface area contributed by atoms with E-state index in [9.17, 15) is 0 Å². The van der Waals surface area contributed by atoms with Gasteiger partial charge in [0.15, 0.2) is 0 Å². The molecule has 1 aliphatic rings. The number of rotatable bonds is 1. The van der Waals surface area contributed by atoms with Crippen LogP contribution >= 0.6 is 0 Å². The summed E-state index contributed by atoms with van der Waals surface area (Å²) in [6, 6.07) is 10.7. The van der Waals surface area contributed by atoms with Gasteiger partial charge in [0.1, 0.15) is 0 Å². The van der Waals surface area contributed by atoms with Crippen LogP contribution < -0.4 is 0 Å². The second-order valence-electron chi connectivity index (χ2n) is 6.43. The monoisotopic (exact) mass is 254 g/mol. The highest BCUT2D eigenvalue weighted by Gasteiger charge is 2.26. The van der Waals surface area contributed by atoms with Gasteiger partial charge in [-0.3, -0.25) is 4.68 Å². The van der Waals surface area contributed by atoms with Crippen LogP contribution in [0.15, 0.2) is 30.3 Å². The normalized spacial score (nSPS) is 15.3. The lowest BCUT2D eigenvalue weighted by molar-refractivity contribution is 0.357. The zero-order chi connectivity index (χ0) is 13.5. The third-order valence-corrected chi connectivity index (χ3v) is 3.84. The summed E-state index contributed by atoms with van der Waals surface area (Å²) < 4.78 is 2.23. The van der Waals surface area contributed by atoms with E-state index >= 15 is 0 Å². The van der Waals surface area contributed by atoms with Crippen LogP contribution in [0.3, 0.4) is 0 Å². The molecule has 3 rings (SSSR count). The van der Waals surface area contributed by atoms with E-state index in [0.717, 1.165) is 6.42 Å². The summed E-state index contributed by atoms with van der Waals surface area (Å²) in [5.41, 5.74) is 5.46. The van der Waals surface area contributed by atoms with Crippen LogP contribution in [0.1, 0.15) is 44.9 Å². The fraction of sp³-hybridized carbons (Fsp3) is 0.471. The molecule has 0 bridgehead atoms. The van der Waals surface area contributed by atoms with Crippen molar-refractivity contribution in [2.45, 2.75) is 52.0 Å². The van der Waals surface area contributed by atoms with Crippen molar-refractivity contribution >= 4 is 0 Å². The molecular formula is C17H22N2. The molecule has 0 unspecified atom stereocenters. The van der Waals surface area contributed by atoms with Gasteiger partial charge in [0.05, 0.1) is 16.9 Å². The van der Waals surface area contributed by atoms with E-state index in [2.05, 4.69) is 55.8 Å². The number of hydrogen-bond acceptors (Lipinski definition) is 1. The standard InChI is InChI=1S/C17H22N2/c1-17(2,3)19-16(13-9-5-4-6-10-13)14-11-7-8-12-15(14)18-19/h4-6,9-10H,7-8,11-12H2,1-3H3. The Labute approximate surface area is 115 Å². The first kappa shape index (κ1) is 12.5. The molecule has 0 radical (unpaired) electrons. The summed E-state index contributed by atoms with van der Waals surface area (Å²) in [6.07, 6.45) is 4.89. The zero-order valence-electron chi connectivity index (χ0n) is 12.1. The third-order valence-electron chi connectivity index (χ3n) is 3.84. The molecule has 0 saturated carbocycles. The summed E-state index contributed by atoms with van der Waals surface area (Å²) in [6.45, 7) is 6.70. The van der Waals surface area contributed by atoms with Crippen LogP contribution in [0.2, 0.25) is 0 Å². The van der Waals surface area contributed by atoms with Crippen molar-refractivity contribution in [3.63, 3.8) is 0 Å². The topological polar surface area (TPSA) is 17.8 Å². The number of aromatic nitrogens is 2. The molecule has 1 aromatic carbocycles. The van der Waals surface area contributed by atoms with E-state index in [1.807, 2.05) is 0 Å². The Morgan fingerprint density at radius 3 is 2.37 bits per heavy atom. The van der Waals surface area contributed by atoms with Crippen molar-refractivity contribution < 1.29 is 0 Å². The molecule has 2 nitrogen and oxygen atoms in total. The molecule has 1 heterocycles. The van der Waals surface area contributed by atoms with Crippen LogP contribution in [-0.4, -0.2) is 9.78 Å². The van der Waals surface area contributed by atoms with Gasteiger partial charge in [-0.1, -0.05) is 30.3 Å². The molecule has 0 fully saturated rings. The minimum absolute atomic E-state index is 0.0303. The van der Waals surface area contributed by atoms with Crippen LogP contribution in [0.5, 0.6) is 0 Å². The second kappa shape index (κ2) is 4.52. The van der Waals surface area contributed by atoms with Gasteiger partial charge in [0, 0.05) is 11.1 Å². The van der Waals surface area contributed by atoms with Crippen molar-refractivity contribution in [1.82, 2.24) is 9.78 Å². The first-order chi connectivity index (χ1) is 9.07. The van der Waals surface area contributed by atoms with Crippen molar-refractivity contribution in [1.29, 1.82) is 0 Å². The molecule has 1 aromatic heterocycles. The molecule has 0 spiro atoms. The van der Waals surface area contributed by atoms with Gasteiger partial charge >= 0.3 is 0 Å². The van der Waals surface area contributed by atoms with E-state index in [0.29, 0.717) is 0 Å². The van der Waals surface area contributed by atoms with Gasteiger partial charge in [-0.15, -0.1) is 0 Å². The Morgan fingerprint density at radius 2 is 1.68 bits per heavy atom. The van der Waals surface area contributed by atoms with Crippen LogP contribution in [0, 0.1) is 0 Å². The first-order valence-electron chi connectivity index (χ1n) is 7.24. The van der Waals surface area contributed by atoms with Gasteiger partial charge < -0.3 is 0 Å². The Morgan fingerprint density at radius 1 is 1.00 bits per heavy atom. The highest BCUT2D eigenvalue weighted by Crippen LogP contribution is 2.34. The SMILES string of the molecule is CC(C)(C)n1nc2c(c1-c1ccccc1)CCCC2. The third kappa shape index (κ3) is 2.20. The van der Waals surface area contributed by atoms with Crippen LogP contribution in [-0.2, 0) is 18.4 Å². The largest absolute Gasteiger partial charge is 0.259 e. The maximum atomic E-state index is 4.92. The minimum atomic E-state index is 0.0303. The van der Waals surface area contributed by atoms with Gasteiger partial charge in [0.25, 0.3) is 0 Å². The van der Waals surface area contributed by atoms with Crippen molar-refractivity contribution in [2.24, 2.45) is 0 Å². The van der Waals surface area contributed by atoms with Gasteiger partial charge in [-0.2, -0.15) is 5.10 Å². The fourth-order valence-corrected chi connectivity index (χ4v) is 2.93. The average Bonchev–Trinajstić information content (AvgIpc) is 2.79. The minimum Gasteiger partial charge on any atom is -0.259 e. The zero-order valence-corrected chi connectivity index (χ0v) is 12.1. The molecule has 0 atom stereocenters. The molecule has 100 valence electrons. The lowest BCUT2D eigenvalue weighted by Crippen LogP contribution is -2.24. The first-order valence-corrected chi connectivity index (χ1v) is 7.24. The second-order valence-corrected chi connectivity index (χ2v) is 6.43. The summed E-state index contributed by atoms with van der Waals surface area (Å²) in [5, 5.41) is 4.92. The molecule has 19 heavy (non-hydrogen) atoms. The molecule has 2 heteroatoms. The lowest BCUT2D eigenvalue weighted by atomic mass is 9.93. The Bertz CT molecular complexity index is 573. The van der Waals surface area contributed by atoms with Gasteiger partial charge in [-0.05, 0) is 46.5 Å². The summed E-state index contributed by atoms with van der Waals surface area (Å²) >= 11 is 0. The summed E-state index contributed by atoms with van der Waals surface area (Å²) in [5.74, 6) is 0. The van der Waals surface area contributed by atoms with Crippen molar-refractivity contribution in [3.05, 3.63) is 41.6 Å². The molecule has 1 aliphatic carbocycles. The van der Waals surface area contributed by atoms with Gasteiger partial charge in [0.2, 0.25) is 0 Å². The smallest absolute Gasteiger partial charge is 0.0723 e. The highest BCUT2D eigenvalue weighted by atomic mass is 15.3. The van der Waals surface area contributed by atoms with E-state index in [-0.39, 0.29) is 5.54 Å². The maximum Gasteiger partial charge on any atom is 0.0723 e. The fourth-order valence-electron chi connectivity index (χ4n) is 2.93. The van der Waals surface area contributed by atoms with Crippen molar-refractivity contribution in [2.75, 3.05) is 0 Å². The predicted octanol–water partition coefficient (Wildman–Crippen LogP) is 4.18. The van der Waals surface area contributed by atoms with E-state index in [4.69, 9.17) is 5.10 Å². The van der Waals surface area contributed by atoms with E-state index < -0.39 is 0 Å². The Balaban J connectivity index is 2.23. The number of nitrogens with zero attached hydrogens (tertiary/aromatic N) is 2. The molecule has 0 N–H and O–H groups in total. The number of aryl methyl sites for hydroxylation is 1. The maximum absolute atomic E-state index is 4.92. The highest BCUT2D eigenvalue weighted by molar-refractivity contribution is 5.65. The molecule has 2 aromatic rings. The summed E-state index contributed by atoms with van der Waals surface area (Å²) in [7, 11) is 0. The van der Waals surface area contributed by atoms with E-state index in [1.165, 1.54) is 41.8 Å². The predicted molar refractivity (Wildman–Crippen MR) is 79.3 cm³/mol. The quantitative estimate of drug-likeness (QED) is 0.746. The average molecular weight is 254 g/mol. The number of benzene rings is 1. The van der Waals surface area contributed by atoms with E-state index in [1.54, 1.807) is 0 Å². The lowest BCUT2D eigenvalue weighted by Gasteiger charge is -2.23.